The number of esters is 2. The Bertz CT molecular complexity index is 1420. The smallest absolute Gasteiger partial charge is 0.355 e. The SMILES string of the molecule is COC(=O)C1=C(C(=O)OC)N(c2ccc(OCc3ccco3)c(F)c2)C(N)=C(C#N)C1c1ccccc1. The van der Waals surface area contributed by atoms with Crippen molar-refractivity contribution >= 4 is 17.6 Å². The number of anilines is 1. The number of nitrogens with two attached hydrogens (primary N) is 1. The molecule has 2 heterocycles. The number of carbonyl (C=O) groups excluding carboxylic acids is 2. The fraction of sp³-hybridized carbons (Fsp3) is 0.148. The average Bonchev–Trinajstić information content (AvgIpc) is 3.45. The lowest BCUT2D eigenvalue weighted by atomic mass is 9.81. The summed E-state index contributed by atoms with van der Waals surface area (Å²) >= 11 is 0. The highest BCUT2D eigenvalue weighted by Gasteiger charge is 2.43. The molecule has 1 atom stereocenters. The molecule has 0 amide bonds. The monoisotopic (exact) mass is 503 g/mol. The summed E-state index contributed by atoms with van der Waals surface area (Å²) in [6.07, 6.45) is 1.47. The number of carbonyl (C=O) groups is 2. The zero-order valence-electron chi connectivity index (χ0n) is 19.9. The molecular formula is C27H22FN3O6. The lowest BCUT2D eigenvalue weighted by molar-refractivity contribution is -0.139. The highest BCUT2D eigenvalue weighted by atomic mass is 19.1. The predicted molar refractivity (Wildman–Crippen MR) is 129 cm³/mol. The number of halogens is 1. The molecule has 4 rings (SSSR count). The Balaban J connectivity index is 1.87. The summed E-state index contributed by atoms with van der Waals surface area (Å²) in [5, 5.41) is 10.1. The molecule has 1 aromatic heterocycles. The number of benzene rings is 2. The molecular weight excluding hydrogens is 481 g/mol. The first-order chi connectivity index (χ1) is 17.9. The third kappa shape index (κ3) is 4.75. The van der Waals surface area contributed by atoms with Crippen LogP contribution in [-0.2, 0) is 25.7 Å². The van der Waals surface area contributed by atoms with E-state index in [9.17, 15) is 14.9 Å². The summed E-state index contributed by atoms with van der Waals surface area (Å²) in [6.45, 7) is -0.00778. The van der Waals surface area contributed by atoms with Crippen molar-refractivity contribution in [3.8, 4) is 11.8 Å². The van der Waals surface area contributed by atoms with Gasteiger partial charge in [-0.05, 0) is 29.8 Å². The lowest BCUT2D eigenvalue weighted by Crippen LogP contribution is -2.40. The molecule has 3 aromatic rings. The van der Waals surface area contributed by atoms with Crippen molar-refractivity contribution in [1.29, 1.82) is 5.26 Å². The zero-order valence-corrected chi connectivity index (χ0v) is 19.9. The summed E-state index contributed by atoms with van der Waals surface area (Å²) < 4.78 is 35.7. The highest BCUT2D eigenvalue weighted by Crippen LogP contribution is 2.43. The van der Waals surface area contributed by atoms with E-state index in [1.54, 1.807) is 42.5 Å². The van der Waals surface area contributed by atoms with Crippen LogP contribution in [0.3, 0.4) is 0 Å². The fourth-order valence-electron chi connectivity index (χ4n) is 4.07. The van der Waals surface area contributed by atoms with Crippen LogP contribution in [0, 0.1) is 17.1 Å². The summed E-state index contributed by atoms with van der Waals surface area (Å²) in [5.74, 6) is -3.37. The Labute approximate surface area is 211 Å². The van der Waals surface area contributed by atoms with Gasteiger partial charge in [-0.25, -0.2) is 14.0 Å². The van der Waals surface area contributed by atoms with Gasteiger partial charge < -0.3 is 24.4 Å². The third-order valence-electron chi connectivity index (χ3n) is 5.73. The number of furan rings is 1. The summed E-state index contributed by atoms with van der Waals surface area (Å²) in [4.78, 5) is 27.2. The first-order valence-electron chi connectivity index (χ1n) is 11.0. The number of hydrogen-bond acceptors (Lipinski definition) is 9. The van der Waals surface area contributed by atoms with Crippen molar-refractivity contribution in [2.45, 2.75) is 12.5 Å². The van der Waals surface area contributed by atoms with Gasteiger partial charge >= 0.3 is 11.9 Å². The van der Waals surface area contributed by atoms with Crippen LogP contribution in [0.15, 0.2) is 94.0 Å². The van der Waals surface area contributed by atoms with Crippen molar-refractivity contribution in [2.75, 3.05) is 19.1 Å². The fourth-order valence-corrected chi connectivity index (χ4v) is 4.07. The largest absolute Gasteiger partial charge is 0.483 e. The van der Waals surface area contributed by atoms with Crippen LogP contribution in [0.5, 0.6) is 5.75 Å². The highest BCUT2D eigenvalue weighted by molar-refractivity contribution is 6.06. The summed E-state index contributed by atoms with van der Waals surface area (Å²) in [5.41, 5.74) is 6.49. The second-order valence-corrected chi connectivity index (χ2v) is 7.82. The van der Waals surface area contributed by atoms with Gasteiger partial charge in [-0.2, -0.15) is 5.26 Å². The van der Waals surface area contributed by atoms with Gasteiger partial charge in [0, 0.05) is 6.07 Å². The molecule has 10 heteroatoms. The number of methoxy groups -OCH3 is 2. The molecule has 0 aliphatic carbocycles. The van der Waals surface area contributed by atoms with Crippen LogP contribution in [-0.4, -0.2) is 26.2 Å². The average molecular weight is 503 g/mol. The number of allylic oxidation sites excluding steroid dienone is 1. The summed E-state index contributed by atoms with van der Waals surface area (Å²) in [6, 6.07) is 17.8. The van der Waals surface area contributed by atoms with Gasteiger partial charge in [-0.3, -0.25) is 4.90 Å². The van der Waals surface area contributed by atoms with E-state index < -0.39 is 23.7 Å². The molecule has 0 saturated heterocycles. The van der Waals surface area contributed by atoms with Gasteiger partial charge in [0.25, 0.3) is 0 Å². The molecule has 9 nitrogen and oxygen atoms in total. The lowest BCUT2D eigenvalue weighted by Gasteiger charge is -2.35. The van der Waals surface area contributed by atoms with Crippen molar-refractivity contribution in [1.82, 2.24) is 0 Å². The summed E-state index contributed by atoms with van der Waals surface area (Å²) in [7, 11) is 2.28. The van der Waals surface area contributed by atoms with E-state index in [1.165, 1.54) is 18.4 Å². The maximum absolute atomic E-state index is 15.1. The molecule has 188 valence electrons. The molecule has 2 aromatic carbocycles. The van der Waals surface area contributed by atoms with E-state index in [1.807, 2.05) is 6.07 Å². The molecule has 0 bridgehead atoms. The Morgan fingerprint density at radius 2 is 1.81 bits per heavy atom. The van der Waals surface area contributed by atoms with Crippen molar-refractivity contribution in [3.05, 3.63) is 107 Å². The molecule has 0 fully saturated rings. The molecule has 0 saturated carbocycles. The Morgan fingerprint density at radius 1 is 1.08 bits per heavy atom. The topological polar surface area (TPSA) is 128 Å². The van der Waals surface area contributed by atoms with Gasteiger partial charge in [0.05, 0.1) is 49.3 Å². The molecule has 2 N–H and O–H groups in total. The molecule has 0 radical (unpaired) electrons. The quantitative estimate of drug-likeness (QED) is 0.478. The molecule has 37 heavy (non-hydrogen) atoms. The van der Waals surface area contributed by atoms with Gasteiger partial charge in [0.2, 0.25) is 0 Å². The third-order valence-corrected chi connectivity index (χ3v) is 5.73. The minimum absolute atomic E-state index is 0.00778. The van der Waals surface area contributed by atoms with Crippen LogP contribution >= 0.6 is 0 Å². The Morgan fingerprint density at radius 3 is 2.41 bits per heavy atom. The van der Waals surface area contributed by atoms with E-state index >= 15 is 4.39 Å². The maximum Gasteiger partial charge on any atom is 0.355 e. The van der Waals surface area contributed by atoms with Crippen LogP contribution in [0.4, 0.5) is 10.1 Å². The van der Waals surface area contributed by atoms with Crippen LogP contribution in [0.2, 0.25) is 0 Å². The van der Waals surface area contributed by atoms with Crippen molar-refractivity contribution in [2.24, 2.45) is 5.73 Å². The molecule has 1 aliphatic heterocycles. The minimum Gasteiger partial charge on any atom is -0.483 e. The van der Waals surface area contributed by atoms with Crippen molar-refractivity contribution in [3.63, 3.8) is 0 Å². The van der Waals surface area contributed by atoms with Gasteiger partial charge in [-0.15, -0.1) is 0 Å². The predicted octanol–water partition coefficient (Wildman–Crippen LogP) is 3.90. The van der Waals surface area contributed by atoms with Gasteiger partial charge in [-0.1, -0.05) is 30.3 Å². The Hall–Kier alpha value is -5.04. The van der Waals surface area contributed by atoms with Crippen LogP contribution in [0.25, 0.3) is 0 Å². The molecule has 0 spiro atoms. The number of hydrogen-bond donors (Lipinski definition) is 1. The minimum atomic E-state index is -1.02. The van der Waals surface area contributed by atoms with Gasteiger partial charge in [0.1, 0.15) is 23.9 Å². The van der Waals surface area contributed by atoms with E-state index in [0.29, 0.717) is 11.3 Å². The zero-order chi connectivity index (χ0) is 26.5. The van der Waals surface area contributed by atoms with E-state index in [2.05, 4.69) is 0 Å². The van der Waals surface area contributed by atoms with E-state index in [4.69, 9.17) is 24.4 Å². The van der Waals surface area contributed by atoms with Crippen molar-refractivity contribution < 1.29 is 32.6 Å². The maximum atomic E-state index is 15.1. The number of nitrogens with zero attached hydrogens (tertiary/aromatic N) is 2. The molecule has 1 aliphatic rings. The molecule has 1 unspecified atom stereocenters. The number of rotatable bonds is 7. The first kappa shape index (κ1) is 25.1. The number of nitriles is 1. The van der Waals surface area contributed by atoms with Crippen LogP contribution in [0.1, 0.15) is 17.2 Å². The first-order valence-corrected chi connectivity index (χ1v) is 11.0. The number of ether oxygens (including phenoxy) is 3. The standard InChI is InChI=1S/C27H22FN3O6/c1-34-26(32)23-22(16-7-4-3-5-8-16)19(14-29)25(30)31(24(23)27(33)35-2)17-10-11-21(20(28)13-17)37-15-18-9-6-12-36-18/h3-13,22H,15,30H2,1-2H3. The Kier molecular flexibility index (Phi) is 7.25. The van der Waals surface area contributed by atoms with E-state index in [0.717, 1.165) is 25.2 Å². The normalized spacial score (nSPS) is 15.3. The second kappa shape index (κ2) is 10.7. The van der Waals surface area contributed by atoms with Crippen LogP contribution < -0.4 is 15.4 Å². The van der Waals surface area contributed by atoms with Gasteiger partial charge in [0.15, 0.2) is 11.6 Å². The van der Waals surface area contributed by atoms with E-state index in [-0.39, 0.29) is 40.7 Å². The second-order valence-electron chi connectivity index (χ2n) is 7.82.